The number of rotatable bonds is 1. The van der Waals surface area contributed by atoms with Gasteiger partial charge in [0.05, 0.1) is 0 Å². The average molecular weight is 306 g/mol. The van der Waals surface area contributed by atoms with Crippen molar-refractivity contribution in [3.05, 3.63) is 0 Å². The van der Waals surface area contributed by atoms with E-state index in [1.165, 1.54) is 44.9 Å². The van der Waals surface area contributed by atoms with Crippen molar-refractivity contribution in [2.75, 3.05) is 0 Å². The van der Waals surface area contributed by atoms with Crippen molar-refractivity contribution in [1.29, 1.82) is 0 Å². The average Bonchev–Trinajstić information content (AvgIpc) is 2.71. The lowest BCUT2D eigenvalue weighted by molar-refractivity contribution is -0.102. The highest BCUT2D eigenvalue weighted by Crippen LogP contribution is 2.65. The van der Waals surface area contributed by atoms with E-state index in [9.17, 15) is 0 Å². The minimum atomic E-state index is 0.390. The van der Waals surface area contributed by atoms with Crippen LogP contribution in [0.3, 0.4) is 0 Å². The molecule has 0 aromatic carbocycles. The van der Waals surface area contributed by atoms with Crippen LogP contribution in [0.2, 0.25) is 0 Å². The van der Waals surface area contributed by atoms with Crippen molar-refractivity contribution < 1.29 is 0 Å². The molecular weight excluding hydrogens is 266 g/mol. The van der Waals surface area contributed by atoms with Crippen LogP contribution in [0, 0.1) is 39.9 Å². The van der Waals surface area contributed by atoms with Crippen molar-refractivity contribution >= 4 is 0 Å². The van der Waals surface area contributed by atoms with E-state index in [1.54, 1.807) is 0 Å². The molecule has 22 heavy (non-hydrogen) atoms. The van der Waals surface area contributed by atoms with Gasteiger partial charge in [-0.05, 0) is 84.9 Å². The Balaban J connectivity index is 1.87. The topological polar surface area (TPSA) is 26.0 Å². The van der Waals surface area contributed by atoms with Crippen molar-refractivity contribution in [2.24, 2.45) is 45.7 Å². The molecule has 3 rings (SSSR count). The SMILES string of the molecule is CC1C2CCC(C)C2(C)CCC1C1(C)CCC(N)CC1(C)C. The van der Waals surface area contributed by atoms with Gasteiger partial charge in [0.2, 0.25) is 0 Å². The molecule has 0 aromatic heterocycles. The highest BCUT2D eigenvalue weighted by atomic mass is 14.7. The van der Waals surface area contributed by atoms with Gasteiger partial charge in [0.25, 0.3) is 0 Å². The van der Waals surface area contributed by atoms with Gasteiger partial charge in [0.15, 0.2) is 0 Å². The summed E-state index contributed by atoms with van der Waals surface area (Å²) in [6.45, 7) is 15.3. The van der Waals surface area contributed by atoms with Crippen LogP contribution in [0.4, 0.5) is 0 Å². The van der Waals surface area contributed by atoms with E-state index < -0.39 is 0 Å². The first kappa shape index (κ1) is 16.8. The molecule has 0 heterocycles. The highest BCUT2D eigenvalue weighted by molar-refractivity contribution is 5.07. The molecule has 3 saturated carbocycles. The van der Waals surface area contributed by atoms with Crippen molar-refractivity contribution in [1.82, 2.24) is 0 Å². The summed E-state index contributed by atoms with van der Waals surface area (Å²) in [5.74, 6) is 3.69. The second kappa shape index (κ2) is 5.23. The Hall–Kier alpha value is -0.0400. The quantitative estimate of drug-likeness (QED) is 0.667. The van der Waals surface area contributed by atoms with Crippen LogP contribution in [0.5, 0.6) is 0 Å². The summed E-state index contributed by atoms with van der Waals surface area (Å²) in [6.07, 6.45) is 9.65. The maximum atomic E-state index is 6.32. The fourth-order valence-corrected chi connectivity index (χ4v) is 7.16. The van der Waals surface area contributed by atoms with Crippen molar-refractivity contribution in [3.8, 4) is 0 Å². The summed E-state index contributed by atoms with van der Waals surface area (Å²) in [7, 11) is 0. The Labute approximate surface area is 138 Å². The molecule has 1 heteroatoms. The van der Waals surface area contributed by atoms with Gasteiger partial charge in [-0.3, -0.25) is 0 Å². The van der Waals surface area contributed by atoms with Gasteiger partial charge in [0.1, 0.15) is 0 Å². The van der Waals surface area contributed by atoms with E-state index in [2.05, 4.69) is 41.5 Å². The molecule has 0 saturated heterocycles. The Morgan fingerprint density at radius 3 is 2.14 bits per heavy atom. The molecule has 3 fully saturated rings. The molecule has 3 aliphatic rings. The monoisotopic (exact) mass is 305 g/mol. The standard InChI is InChI=1S/C21H39N/c1-14-7-8-17-15(2)18(10-11-20(14,17)5)21(6)12-9-16(22)13-19(21,3)4/h14-18H,7-13,22H2,1-6H3. The minimum absolute atomic E-state index is 0.390. The van der Waals surface area contributed by atoms with Crippen LogP contribution in [0.25, 0.3) is 0 Å². The van der Waals surface area contributed by atoms with E-state index in [0.29, 0.717) is 22.3 Å². The van der Waals surface area contributed by atoms with E-state index in [-0.39, 0.29) is 0 Å². The number of hydrogen-bond acceptors (Lipinski definition) is 1. The predicted molar refractivity (Wildman–Crippen MR) is 95.6 cm³/mol. The molecule has 7 atom stereocenters. The Morgan fingerprint density at radius 1 is 0.818 bits per heavy atom. The van der Waals surface area contributed by atoms with Crippen LogP contribution in [-0.2, 0) is 0 Å². The molecule has 128 valence electrons. The van der Waals surface area contributed by atoms with Gasteiger partial charge < -0.3 is 5.73 Å². The lowest BCUT2D eigenvalue weighted by Gasteiger charge is -2.60. The first-order valence-electron chi connectivity index (χ1n) is 9.87. The maximum Gasteiger partial charge on any atom is 0.00443 e. The third-order valence-electron chi connectivity index (χ3n) is 9.32. The fraction of sp³-hybridized carbons (Fsp3) is 1.00. The van der Waals surface area contributed by atoms with E-state index in [0.717, 1.165) is 23.7 Å². The molecule has 0 aliphatic heterocycles. The van der Waals surface area contributed by atoms with Gasteiger partial charge in [-0.1, -0.05) is 41.5 Å². The summed E-state index contributed by atoms with van der Waals surface area (Å²) in [6, 6.07) is 0.429. The van der Waals surface area contributed by atoms with Crippen molar-refractivity contribution in [3.63, 3.8) is 0 Å². The Morgan fingerprint density at radius 2 is 1.50 bits per heavy atom. The summed E-state index contributed by atoms with van der Waals surface area (Å²) in [5.41, 5.74) is 7.82. The molecule has 0 amide bonds. The molecule has 3 aliphatic carbocycles. The minimum Gasteiger partial charge on any atom is -0.328 e. The summed E-state index contributed by atoms with van der Waals surface area (Å²) in [5, 5.41) is 0. The number of fused-ring (bicyclic) bond motifs is 1. The largest absolute Gasteiger partial charge is 0.328 e. The van der Waals surface area contributed by atoms with E-state index in [1.807, 2.05) is 0 Å². The maximum absolute atomic E-state index is 6.32. The zero-order chi connectivity index (χ0) is 16.3. The first-order valence-corrected chi connectivity index (χ1v) is 9.87. The number of hydrogen-bond donors (Lipinski definition) is 1. The smallest absolute Gasteiger partial charge is 0.00443 e. The Bertz CT molecular complexity index is 428. The van der Waals surface area contributed by atoms with Gasteiger partial charge in [-0.2, -0.15) is 0 Å². The van der Waals surface area contributed by atoms with Crippen LogP contribution in [0.15, 0.2) is 0 Å². The fourth-order valence-electron chi connectivity index (χ4n) is 7.16. The highest BCUT2D eigenvalue weighted by Gasteiger charge is 2.57. The first-order chi connectivity index (χ1) is 10.1. The molecule has 2 N–H and O–H groups in total. The summed E-state index contributed by atoms with van der Waals surface area (Å²) >= 11 is 0. The third-order valence-corrected chi connectivity index (χ3v) is 9.32. The number of nitrogens with two attached hydrogens (primary N) is 1. The zero-order valence-corrected chi connectivity index (χ0v) is 15.9. The van der Waals surface area contributed by atoms with Gasteiger partial charge in [0, 0.05) is 6.04 Å². The summed E-state index contributed by atoms with van der Waals surface area (Å²) < 4.78 is 0. The normalized spacial score (nSPS) is 55.0. The molecular formula is C21H39N. The van der Waals surface area contributed by atoms with E-state index in [4.69, 9.17) is 5.73 Å². The van der Waals surface area contributed by atoms with Crippen LogP contribution < -0.4 is 5.73 Å². The second-order valence-corrected chi connectivity index (χ2v) is 10.4. The Kier molecular flexibility index (Phi) is 3.99. The molecule has 0 bridgehead atoms. The lowest BCUT2D eigenvalue weighted by Crippen LogP contribution is -2.54. The second-order valence-electron chi connectivity index (χ2n) is 10.4. The molecule has 0 spiro atoms. The van der Waals surface area contributed by atoms with Crippen molar-refractivity contribution in [2.45, 2.75) is 92.5 Å². The molecule has 1 nitrogen and oxygen atoms in total. The van der Waals surface area contributed by atoms with Crippen LogP contribution in [0.1, 0.15) is 86.5 Å². The van der Waals surface area contributed by atoms with Crippen LogP contribution >= 0.6 is 0 Å². The zero-order valence-electron chi connectivity index (χ0n) is 15.9. The lowest BCUT2D eigenvalue weighted by atomic mass is 9.45. The predicted octanol–water partition coefficient (Wildman–Crippen LogP) is 5.63. The van der Waals surface area contributed by atoms with Crippen LogP contribution in [-0.4, -0.2) is 6.04 Å². The molecule has 0 aromatic rings. The van der Waals surface area contributed by atoms with Gasteiger partial charge in [-0.25, -0.2) is 0 Å². The summed E-state index contributed by atoms with van der Waals surface area (Å²) in [4.78, 5) is 0. The molecule has 0 radical (unpaired) electrons. The van der Waals surface area contributed by atoms with Gasteiger partial charge >= 0.3 is 0 Å². The van der Waals surface area contributed by atoms with E-state index >= 15 is 0 Å². The van der Waals surface area contributed by atoms with Gasteiger partial charge in [-0.15, -0.1) is 0 Å². The molecule has 7 unspecified atom stereocenters. The third kappa shape index (κ3) is 2.21.